The van der Waals surface area contributed by atoms with Crippen LogP contribution in [-0.2, 0) is 0 Å². The van der Waals surface area contributed by atoms with Crippen molar-refractivity contribution in [3.05, 3.63) is 90.3 Å². The Kier molecular flexibility index (Phi) is 3.64. The van der Waals surface area contributed by atoms with Crippen LogP contribution in [0.4, 0.5) is 0 Å². The Hall–Kier alpha value is -3.60. The van der Waals surface area contributed by atoms with E-state index in [1.54, 1.807) is 7.11 Å². The summed E-state index contributed by atoms with van der Waals surface area (Å²) in [4.78, 5) is 15.2. The van der Waals surface area contributed by atoms with Gasteiger partial charge in [-0.05, 0) is 41.0 Å². The second-order valence-corrected chi connectivity index (χ2v) is 6.54. The van der Waals surface area contributed by atoms with Crippen molar-refractivity contribution >= 4 is 21.8 Å². The van der Waals surface area contributed by atoms with E-state index in [2.05, 4.69) is 56.6 Å². The smallest absolute Gasteiger partial charge is 0.118 e. The molecule has 4 aromatic heterocycles. The number of methoxy groups -OCH3 is 1. The lowest BCUT2D eigenvalue weighted by molar-refractivity contribution is 0.414. The largest absolute Gasteiger partial charge is 0.497 e. The SMILES string of the molecule is COc1ccc(C(c2c[nH]c3cnccc23)c2c[nH]c3cnccc23)cc1. The number of H-pyrrole nitrogens is 2. The molecule has 0 aliphatic carbocycles. The van der Waals surface area contributed by atoms with E-state index in [-0.39, 0.29) is 5.92 Å². The molecule has 5 nitrogen and oxygen atoms in total. The zero-order chi connectivity index (χ0) is 18.2. The van der Waals surface area contributed by atoms with Crippen LogP contribution in [0.1, 0.15) is 22.6 Å². The summed E-state index contributed by atoms with van der Waals surface area (Å²) in [6.45, 7) is 0. The molecule has 0 radical (unpaired) electrons. The molecule has 1 aromatic carbocycles. The summed E-state index contributed by atoms with van der Waals surface area (Å²) in [5.74, 6) is 0.923. The van der Waals surface area contributed by atoms with Crippen LogP contribution in [0.25, 0.3) is 21.8 Å². The normalized spacial score (nSPS) is 11.5. The number of benzene rings is 1. The Morgan fingerprint density at radius 1 is 0.778 bits per heavy atom. The number of fused-ring (bicyclic) bond motifs is 2. The first kappa shape index (κ1) is 15.6. The quantitative estimate of drug-likeness (QED) is 0.494. The average Bonchev–Trinajstić information content (AvgIpc) is 3.34. The summed E-state index contributed by atoms with van der Waals surface area (Å²) in [6, 6.07) is 12.4. The fourth-order valence-electron chi connectivity index (χ4n) is 3.79. The van der Waals surface area contributed by atoms with E-state index in [1.165, 1.54) is 27.5 Å². The summed E-state index contributed by atoms with van der Waals surface area (Å²) in [7, 11) is 1.69. The van der Waals surface area contributed by atoms with Gasteiger partial charge in [0.05, 0.1) is 30.5 Å². The number of pyridine rings is 2. The molecule has 5 aromatic rings. The van der Waals surface area contributed by atoms with Crippen LogP contribution in [-0.4, -0.2) is 27.0 Å². The van der Waals surface area contributed by atoms with Gasteiger partial charge in [0.15, 0.2) is 0 Å². The highest BCUT2D eigenvalue weighted by Crippen LogP contribution is 2.39. The van der Waals surface area contributed by atoms with Gasteiger partial charge in [0, 0.05) is 41.5 Å². The van der Waals surface area contributed by atoms with Crippen molar-refractivity contribution in [1.29, 1.82) is 0 Å². The van der Waals surface area contributed by atoms with Crippen LogP contribution >= 0.6 is 0 Å². The molecule has 0 bridgehead atoms. The predicted octanol–water partition coefficient (Wildman–Crippen LogP) is 4.63. The number of aromatic nitrogens is 4. The summed E-state index contributed by atoms with van der Waals surface area (Å²) in [5, 5.41) is 2.35. The van der Waals surface area contributed by atoms with E-state index in [9.17, 15) is 0 Å². The number of rotatable bonds is 4. The summed E-state index contributed by atoms with van der Waals surface area (Å²) in [5.41, 5.74) is 5.71. The highest BCUT2D eigenvalue weighted by Gasteiger charge is 2.23. The molecule has 2 N–H and O–H groups in total. The van der Waals surface area contributed by atoms with Gasteiger partial charge >= 0.3 is 0 Å². The Bertz CT molecular complexity index is 1150. The fourth-order valence-corrected chi connectivity index (χ4v) is 3.79. The molecule has 0 atom stereocenters. The minimum atomic E-state index is 0.0724. The third-order valence-corrected chi connectivity index (χ3v) is 5.10. The molecular formula is C22H18N4O. The topological polar surface area (TPSA) is 66.6 Å². The van der Waals surface area contributed by atoms with Crippen molar-refractivity contribution in [2.24, 2.45) is 0 Å². The minimum absolute atomic E-state index is 0.0724. The number of nitrogens with zero attached hydrogens (tertiary/aromatic N) is 2. The molecule has 0 aliphatic heterocycles. The highest BCUT2D eigenvalue weighted by atomic mass is 16.5. The number of nitrogens with one attached hydrogen (secondary N) is 2. The van der Waals surface area contributed by atoms with E-state index >= 15 is 0 Å². The van der Waals surface area contributed by atoms with Crippen molar-refractivity contribution in [1.82, 2.24) is 19.9 Å². The molecule has 0 spiro atoms. The molecule has 0 fully saturated rings. The van der Waals surface area contributed by atoms with Crippen LogP contribution in [0.2, 0.25) is 0 Å². The lowest BCUT2D eigenvalue weighted by atomic mass is 9.85. The van der Waals surface area contributed by atoms with Gasteiger partial charge in [-0.2, -0.15) is 0 Å². The fraction of sp³-hybridized carbons (Fsp3) is 0.0909. The van der Waals surface area contributed by atoms with Gasteiger partial charge in [-0.3, -0.25) is 9.97 Å². The van der Waals surface area contributed by atoms with Gasteiger partial charge < -0.3 is 14.7 Å². The molecule has 5 heteroatoms. The second kappa shape index (κ2) is 6.29. The Morgan fingerprint density at radius 2 is 1.33 bits per heavy atom. The van der Waals surface area contributed by atoms with Crippen LogP contribution < -0.4 is 4.74 Å². The lowest BCUT2D eigenvalue weighted by Gasteiger charge is -2.17. The van der Waals surface area contributed by atoms with Gasteiger partial charge in [0.25, 0.3) is 0 Å². The Balaban J connectivity index is 1.76. The summed E-state index contributed by atoms with van der Waals surface area (Å²) >= 11 is 0. The molecule has 0 saturated heterocycles. The van der Waals surface area contributed by atoms with Crippen molar-refractivity contribution in [3.63, 3.8) is 0 Å². The second-order valence-electron chi connectivity index (χ2n) is 6.54. The Labute approximate surface area is 156 Å². The van der Waals surface area contributed by atoms with Crippen LogP contribution in [0, 0.1) is 0 Å². The van der Waals surface area contributed by atoms with E-state index in [0.29, 0.717) is 0 Å². The molecule has 132 valence electrons. The zero-order valence-electron chi connectivity index (χ0n) is 14.8. The average molecular weight is 354 g/mol. The number of ether oxygens (including phenoxy) is 1. The molecule has 27 heavy (non-hydrogen) atoms. The maximum Gasteiger partial charge on any atom is 0.118 e. The molecule has 4 heterocycles. The maximum atomic E-state index is 5.34. The van der Waals surface area contributed by atoms with Gasteiger partial charge in [0.1, 0.15) is 5.75 Å². The molecular weight excluding hydrogens is 336 g/mol. The molecule has 0 saturated carbocycles. The van der Waals surface area contributed by atoms with Gasteiger partial charge in [0.2, 0.25) is 0 Å². The number of aromatic amines is 2. The van der Waals surface area contributed by atoms with Crippen molar-refractivity contribution in [3.8, 4) is 5.75 Å². The van der Waals surface area contributed by atoms with Crippen LogP contribution in [0.3, 0.4) is 0 Å². The van der Waals surface area contributed by atoms with Gasteiger partial charge in [-0.25, -0.2) is 0 Å². The first-order chi connectivity index (χ1) is 13.3. The lowest BCUT2D eigenvalue weighted by Crippen LogP contribution is -2.02. The molecule has 0 unspecified atom stereocenters. The van der Waals surface area contributed by atoms with E-state index in [4.69, 9.17) is 4.74 Å². The van der Waals surface area contributed by atoms with Crippen molar-refractivity contribution < 1.29 is 4.74 Å². The Morgan fingerprint density at radius 3 is 1.85 bits per heavy atom. The molecule has 5 rings (SSSR count). The van der Waals surface area contributed by atoms with Crippen LogP contribution in [0.5, 0.6) is 5.75 Å². The third kappa shape index (κ3) is 2.56. The van der Waals surface area contributed by atoms with Crippen molar-refractivity contribution in [2.45, 2.75) is 5.92 Å². The van der Waals surface area contributed by atoms with Gasteiger partial charge in [-0.1, -0.05) is 12.1 Å². The number of hydrogen-bond donors (Lipinski definition) is 2. The summed E-state index contributed by atoms with van der Waals surface area (Å²) < 4.78 is 5.34. The van der Waals surface area contributed by atoms with Crippen molar-refractivity contribution in [2.75, 3.05) is 7.11 Å². The first-order valence-corrected chi connectivity index (χ1v) is 8.81. The highest BCUT2D eigenvalue weighted by molar-refractivity contribution is 5.88. The predicted molar refractivity (Wildman–Crippen MR) is 106 cm³/mol. The first-order valence-electron chi connectivity index (χ1n) is 8.81. The zero-order valence-corrected chi connectivity index (χ0v) is 14.8. The minimum Gasteiger partial charge on any atom is -0.497 e. The standard InChI is InChI=1S/C22H18N4O/c1-27-15-4-2-14(3-5-15)22(18-10-25-20-12-23-8-6-16(18)20)19-11-26-21-13-24-9-7-17(19)21/h2-13,22,25-26H,1H3. The third-order valence-electron chi connectivity index (χ3n) is 5.10. The van der Waals surface area contributed by atoms with E-state index in [1.807, 2.05) is 36.9 Å². The van der Waals surface area contributed by atoms with Crippen LogP contribution in [0.15, 0.2) is 73.6 Å². The monoisotopic (exact) mass is 354 g/mol. The van der Waals surface area contributed by atoms with E-state index < -0.39 is 0 Å². The van der Waals surface area contributed by atoms with E-state index in [0.717, 1.165) is 16.8 Å². The summed E-state index contributed by atoms with van der Waals surface area (Å²) in [6.07, 6.45) is 11.6. The maximum absolute atomic E-state index is 5.34. The van der Waals surface area contributed by atoms with Gasteiger partial charge in [-0.15, -0.1) is 0 Å². The molecule has 0 amide bonds. The number of hydrogen-bond acceptors (Lipinski definition) is 3. The molecule has 0 aliphatic rings.